The van der Waals surface area contributed by atoms with E-state index in [1.165, 1.54) is 11.1 Å². The van der Waals surface area contributed by atoms with E-state index in [-0.39, 0.29) is 5.91 Å². The maximum absolute atomic E-state index is 11.9. The van der Waals surface area contributed by atoms with Crippen LogP contribution in [0.5, 0.6) is 11.6 Å². The van der Waals surface area contributed by atoms with Gasteiger partial charge in [0.15, 0.2) is 0 Å². The minimum Gasteiger partial charge on any atom is -0.439 e. The number of nitriles is 1. The van der Waals surface area contributed by atoms with Gasteiger partial charge >= 0.3 is 0 Å². The highest BCUT2D eigenvalue weighted by atomic mass is 16.5. The number of nitrogens with zero attached hydrogens (tertiary/aromatic N) is 3. The van der Waals surface area contributed by atoms with E-state index in [0.717, 1.165) is 0 Å². The minimum absolute atomic E-state index is 0.0942. The smallest absolute Gasteiger partial charge is 0.253 e. The van der Waals surface area contributed by atoms with Gasteiger partial charge in [-0.15, -0.1) is 0 Å². The summed E-state index contributed by atoms with van der Waals surface area (Å²) in [5, 5.41) is 8.69. The zero-order valence-corrected chi connectivity index (χ0v) is 11.2. The van der Waals surface area contributed by atoms with Crippen LogP contribution in [-0.4, -0.2) is 29.9 Å². The molecule has 5 heteroatoms. The lowest BCUT2D eigenvalue weighted by atomic mass is 10.2. The lowest BCUT2D eigenvalue weighted by Gasteiger charge is -2.11. The normalized spacial score (nSPS) is 9.65. The Balaban J connectivity index is 2.19. The Morgan fingerprint density at radius 3 is 2.70 bits per heavy atom. The van der Waals surface area contributed by atoms with Crippen LogP contribution >= 0.6 is 0 Å². The Labute approximate surface area is 117 Å². The van der Waals surface area contributed by atoms with Crippen molar-refractivity contribution in [3.63, 3.8) is 0 Å². The number of pyridine rings is 1. The standard InChI is InChI=1S/C15H13N3O2/c1-18(2)15(19)12-4-3-5-13(8-12)20-14-7-6-11(9-16)10-17-14/h3-8,10H,1-2H3. The summed E-state index contributed by atoms with van der Waals surface area (Å²) in [6.07, 6.45) is 1.43. The van der Waals surface area contributed by atoms with Gasteiger partial charge in [-0.1, -0.05) is 6.07 Å². The van der Waals surface area contributed by atoms with Crippen molar-refractivity contribution in [2.24, 2.45) is 0 Å². The Kier molecular flexibility index (Phi) is 3.96. The average molecular weight is 267 g/mol. The molecule has 1 heterocycles. The number of carbonyl (C=O) groups is 1. The molecule has 2 aromatic rings. The second kappa shape index (κ2) is 5.85. The van der Waals surface area contributed by atoms with Crippen LogP contribution in [-0.2, 0) is 0 Å². The van der Waals surface area contributed by atoms with Gasteiger partial charge in [-0.3, -0.25) is 4.79 Å². The molecule has 0 bridgehead atoms. The number of rotatable bonds is 3. The van der Waals surface area contributed by atoms with E-state index in [1.807, 2.05) is 6.07 Å². The van der Waals surface area contributed by atoms with Gasteiger partial charge in [0.2, 0.25) is 5.88 Å². The van der Waals surface area contributed by atoms with Crippen molar-refractivity contribution >= 4 is 5.91 Å². The summed E-state index contributed by atoms with van der Waals surface area (Å²) < 4.78 is 5.56. The molecule has 0 radical (unpaired) electrons. The first kappa shape index (κ1) is 13.6. The Morgan fingerprint density at radius 2 is 2.10 bits per heavy atom. The van der Waals surface area contributed by atoms with Crippen LogP contribution in [0.4, 0.5) is 0 Å². The molecule has 100 valence electrons. The number of hydrogen-bond acceptors (Lipinski definition) is 4. The SMILES string of the molecule is CN(C)C(=O)c1cccc(Oc2ccc(C#N)cn2)c1. The van der Waals surface area contributed by atoms with E-state index in [4.69, 9.17) is 10.00 Å². The third kappa shape index (κ3) is 3.12. The number of carbonyl (C=O) groups excluding carboxylic acids is 1. The fourth-order valence-corrected chi connectivity index (χ4v) is 1.58. The molecule has 0 spiro atoms. The molecule has 20 heavy (non-hydrogen) atoms. The van der Waals surface area contributed by atoms with Crippen LogP contribution in [0.1, 0.15) is 15.9 Å². The summed E-state index contributed by atoms with van der Waals surface area (Å²) in [6, 6.07) is 12.1. The molecule has 0 saturated heterocycles. The molecule has 0 fully saturated rings. The molecule has 0 atom stereocenters. The first-order chi connectivity index (χ1) is 9.60. The molecule has 1 amide bonds. The maximum Gasteiger partial charge on any atom is 0.253 e. The van der Waals surface area contributed by atoms with Crippen LogP contribution < -0.4 is 4.74 Å². The van der Waals surface area contributed by atoms with Gasteiger partial charge in [0.1, 0.15) is 11.8 Å². The number of ether oxygens (including phenoxy) is 1. The lowest BCUT2D eigenvalue weighted by molar-refractivity contribution is 0.0827. The molecule has 1 aromatic heterocycles. The summed E-state index contributed by atoms with van der Waals surface area (Å²) in [5.74, 6) is 0.802. The Morgan fingerprint density at radius 1 is 1.30 bits per heavy atom. The number of hydrogen-bond donors (Lipinski definition) is 0. The second-order valence-corrected chi connectivity index (χ2v) is 4.33. The molecule has 5 nitrogen and oxygen atoms in total. The predicted molar refractivity (Wildman–Crippen MR) is 73.5 cm³/mol. The molecule has 0 aliphatic heterocycles. The zero-order chi connectivity index (χ0) is 14.5. The van der Waals surface area contributed by atoms with Crippen molar-refractivity contribution in [3.05, 3.63) is 53.7 Å². The summed E-state index contributed by atoms with van der Waals surface area (Å²) in [6.45, 7) is 0. The van der Waals surface area contributed by atoms with Crippen molar-refractivity contribution in [1.82, 2.24) is 9.88 Å². The van der Waals surface area contributed by atoms with Crippen molar-refractivity contribution in [3.8, 4) is 17.7 Å². The van der Waals surface area contributed by atoms with E-state index in [0.29, 0.717) is 22.8 Å². The van der Waals surface area contributed by atoms with E-state index < -0.39 is 0 Å². The molecular formula is C15H13N3O2. The summed E-state index contributed by atoms with van der Waals surface area (Å²) in [5.41, 5.74) is 1.01. The van der Waals surface area contributed by atoms with Crippen LogP contribution in [0.2, 0.25) is 0 Å². The van der Waals surface area contributed by atoms with Gasteiger partial charge in [0.25, 0.3) is 5.91 Å². The molecule has 0 aliphatic rings. The summed E-state index contributed by atoms with van der Waals surface area (Å²) in [7, 11) is 3.38. The van der Waals surface area contributed by atoms with Crippen LogP contribution in [0.25, 0.3) is 0 Å². The Bertz CT molecular complexity index is 658. The van der Waals surface area contributed by atoms with Crippen LogP contribution in [0, 0.1) is 11.3 Å². The van der Waals surface area contributed by atoms with Gasteiger partial charge in [0, 0.05) is 31.9 Å². The average Bonchev–Trinajstić information content (AvgIpc) is 2.47. The number of benzene rings is 1. The van der Waals surface area contributed by atoms with Crippen molar-refractivity contribution in [1.29, 1.82) is 5.26 Å². The van der Waals surface area contributed by atoms with Gasteiger partial charge < -0.3 is 9.64 Å². The molecule has 0 saturated carbocycles. The van der Waals surface area contributed by atoms with E-state index in [2.05, 4.69) is 4.98 Å². The monoisotopic (exact) mass is 267 g/mol. The summed E-state index contributed by atoms with van der Waals surface area (Å²) >= 11 is 0. The number of aromatic nitrogens is 1. The molecule has 2 rings (SSSR count). The van der Waals surface area contributed by atoms with E-state index >= 15 is 0 Å². The maximum atomic E-state index is 11.9. The highest BCUT2D eigenvalue weighted by molar-refractivity contribution is 5.94. The fraction of sp³-hybridized carbons (Fsp3) is 0.133. The second-order valence-electron chi connectivity index (χ2n) is 4.33. The van der Waals surface area contributed by atoms with Gasteiger partial charge in [-0.05, 0) is 24.3 Å². The highest BCUT2D eigenvalue weighted by Gasteiger charge is 2.09. The Hall–Kier alpha value is -2.87. The van der Waals surface area contributed by atoms with Crippen LogP contribution in [0.15, 0.2) is 42.6 Å². The molecule has 0 unspecified atom stereocenters. The lowest BCUT2D eigenvalue weighted by Crippen LogP contribution is -2.21. The molecule has 1 aromatic carbocycles. The highest BCUT2D eigenvalue weighted by Crippen LogP contribution is 2.21. The molecule has 0 N–H and O–H groups in total. The molecular weight excluding hydrogens is 254 g/mol. The third-order valence-electron chi connectivity index (χ3n) is 2.58. The van der Waals surface area contributed by atoms with Crippen molar-refractivity contribution in [2.75, 3.05) is 14.1 Å². The third-order valence-corrected chi connectivity index (χ3v) is 2.58. The quantitative estimate of drug-likeness (QED) is 0.856. The molecule has 0 aliphatic carbocycles. The predicted octanol–water partition coefficient (Wildman–Crippen LogP) is 2.45. The van der Waals surface area contributed by atoms with Crippen molar-refractivity contribution in [2.45, 2.75) is 0 Å². The minimum atomic E-state index is -0.0942. The number of amides is 1. The largest absolute Gasteiger partial charge is 0.439 e. The topological polar surface area (TPSA) is 66.2 Å². The fourth-order valence-electron chi connectivity index (χ4n) is 1.58. The van der Waals surface area contributed by atoms with Gasteiger partial charge in [-0.25, -0.2) is 4.98 Å². The zero-order valence-electron chi connectivity index (χ0n) is 11.2. The first-order valence-electron chi connectivity index (χ1n) is 5.96. The van der Waals surface area contributed by atoms with Crippen molar-refractivity contribution < 1.29 is 9.53 Å². The first-order valence-corrected chi connectivity index (χ1v) is 5.96. The van der Waals surface area contributed by atoms with Crippen LogP contribution in [0.3, 0.4) is 0 Å². The van der Waals surface area contributed by atoms with E-state index in [9.17, 15) is 4.79 Å². The summed E-state index contributed by atoms with van der Waals surface area (Å²) in [4.78, 5) is 17.4. The van der Waals surface area contributed by atoms with Gasteiger partial charge in [-0.2, -0.15) is 5.26 Å². The van der Waals surface area contributed by atoms with Gasteiger partial charge in [0.05, 0.1) is 5.56 Å². The van der Waals surface area contributed by atoms with E-state index in [1.54, 1.807) is 50.5 Å².